The maximum Gasteiger partial charge on any atom is 0.232 e. The fraction of sp³-hybridized carbons (Fsp3) is 0.444. The van der Waals surface area contributed by atoms with Crippen LogP contribution in [0, 0.1) is 0 Å². The Bertz CT molecular complexity index is 689. The molecule has 0 saturated heterocycles. The molecule has 1 aromatic carbocycles. The van der Waals surface area contributed by atoms with Gasteiger partial charge in [0, 0.05) is 6.20 Å². The van der Waals surface area contributed by atoms with Crippen molar-refractivity contribution in [3.8, 4) is 0 Å². The van der Waals surface area contributed by atoms with Gasteiger partial charge in [0.05, 0.1) is 12.3 Å². The lowest BCUT2D eigenvalue weighted by molar-refractivity contribution is 0.388. The normalized spacial score (nSPS) is 25.3. The fourth-order valence-corrected chi connectivity index (χ4v) is 4.43. The number of sulfonamides is 1. The minimum atomic E-state index is -3.25. The van der Waals surface area contributed by atoms with Crippen LogP contribution in [0.5, 0.6) is 0 Å². The summed E-state index contributed by atoms with van der Waals surface area (Å²) in [5.74, 6) is 0. The highest BCUT2D eigenvalue weighted by Crippen LogP contribution is 2.36. The predicted molar refractivity (Wildman–Crippen MR) is 90.7 cm³/mol. The molecule has 0 bridgehead atoms. The molecule has 1 aliphatic heterocycles. The first-order chi connectivity index (χ1) is 10.6. The van der Waals surface area contributed by atoms with Gasteiger partial charge in [0.25, 0.3) is 0 Å². The summed E-state index contributed by atoms with van der Waals surface area (Å²) in [5.41, 5.74) is 3.47. The van der Waals surface area contributed by atoms with Crippen molar-refractivity contribution in [2.45, 2.75) is 44.6 Å². The van der Waals surface area contributed by atoms with Gasteiger partial charge in [0.2, 0.25) is 10.0 Å². The zero-order valence-electron chi connectivity index (χ0n) is 13.0. The molecule has 0 N–H and O–H groups in total. The number of fused-ring (bicyclic) bond motifs is 1. The number of hydrogen-bond acceptors (Lipinski definition) is 2. The fourth-order valence-electron chi connectivity index (χ4n) is 3.41. The molecular weight excluding hydrogens is 294 g/mol. The van der Waals surface area contributed by atoms with E-state index in [9.17, 15) is 8.42 Å². The van der Waals surface area contributed by atoms with Crippen LogP contribution in [0.15, 0.2) is 48.2 Å². The highest BCUT2D eigenvalue weighted by molar-refractivity contribution is 7.88. The lowest BCUT2D eigenvalue weighted by Gasteiger charge is -2.37. The first-order valence-electron chi connectivity index (χ1n) is 7.99. The van der Waals surface area contributed by atoms with Gasteiger partial charge in [-0.2, -0.15) is 0 Å². The largest absolute Gasteiger partial charge is 0.270 e. The summed E-state index contributed by atoms with van der Waals surface area (Å²) < 4.78 is 26.1. The van der Waals surface area contributed by atoms with Crippen LogP contribution in [0.25, 0.3) is 5.57 Å². The molecule has 1 atom stereocenters. The Hall–Kier alpha value is -1.55. The second kappa shape index (κ2) is 6.29. The zero-order valence-corrected chi connectivity index (χ0v) is 13.8. The van der Waals surface area contributed by atoms with Gasteiger partial charge in [-0.15, -0.1) is 0 Å². The molecule has 1 unspecified atom stereocenters. The summed E-state index contributed by atoms with van der Waals surface area (Å²) in [4.78, 5) is 0. The quantitative estimate of drug-likeness (QED) is 0.775. The van der Waals surface area contributed by atoms with Crippen LogP contribution >= 0.6 is 0 Å². The van der Waals surface area contributed by atoms with E-state index in [0.29, 0.717) is 0 Å². The molecule has 3 rings (SSSR count). The van der Waals surface area contributed by atoms with Crippen molar-refractivity contribution in [3.05, 3.63) is 53.7 Å². The molecule has 4 heteroatoms. The van der Waals surface area contributed by atoms with Gasteiger partial charge in [-0.25, -0.2) is 8.42 Å². The topological polar surface area (TPSA) is 37.4 Å². The van der Waals surface area contributed by atoms with E-state index in [1.54, 1.807) is 4.31 Å². The number of hydrogen-bond donors (Lipinski definition) is 0. The van der Waals surface area contributed by atoms with E-state index in [-0.39, 0.29) is 6.04 Å². The SMILES string of the molecule is CS(=O)(=O)N1C=C(c2ccccc2)C/C2=C/CCCCCC21. The molecule has 1 heterocycles. The van der Waals surface area contributed by atoms with Crippen molar-refractivity contribution in [2.24, 2.45) is 0 Å². The molecule has 0 saturated carbocycles. The van der Waals surface area contributed by atoms with Gasteiger partial charge in [0.1, 0.15) is 0 Å². The van der Waals surface area contributed by atoms with E-state index >= 15 is 0 Å². The van der Waals surface area contributed by atoms with E-state index < -0.39 is 10.0 Å². The zero-order chi connectivity index (χ0) is 15.6. The Kier molecular flexibility index (Phi) is 4.39. The molecule has 1 aliphatic carbocycles. The van der Waals surface area contributed by atoms with E-state index in [4.69, 9.17) is 0 Å². The number of rotatable bonds is 2. The third-order valence-electron chi connectivity index (χ3n) is 4.53. The van der Waals surface area contributed by atoms with Crippen molar-refractivity contribution in [3.63, 3.8) is 0 Å². The Morgan fingerprint density at radius 2 is 1.86 bits per heavy atom. The summed E-state index contributed by atoms with van der Waals surface area (Å²) >= 11 is 0. The van der Waals surface area contributed by atoms with Crippen molar-refractivity contribution in [1.82, 2.24) is 4.31 Å². The number of nitrogens with zero attached hydrogens (tertiary/aromatic N) is 1. The Labute approximate surface area is 133 Å². The van der Waals surface area contributed by atoms with Crippen LogP contribution in [0.1, 0.15) is 44.1 Å². The monoisotopic (exact) mass is 317 g/mol. The van der Waals surface area contributed by atoms with Crippen LogP contribution in [-0.4, -0.2) is 25.0 Å². The van der Waals surface area contributed by atoms with Crippen molar-refractivity contribution >= 4 is 15.6 Å². The smallest absolute Gasteiger partial charge is 0.232 e. The second-order valence-corrected chi connectivity index (χ2v) is 8.11. The first-order valence-corrected chi connectivity index (χ1v) is 9.84. The highest BCUT2D eigenvalue weighted by Gasteiger charge is 2.31. The number of allylic oxidation sites excluding steroid dienone is 2. The van der Waals surface area contributed by atoms with Crippen LogP contribution in [0.2, 0.25) is 0 Å². The van der Waals surface area contributed by atoms with Gasteiger partial charge in [-0.3, -0.25) is 4.31 Å². The maximum atomic E-state index is 12.3. The van der Waals surface area contributed by atoms with Crippen LogP contribution < -0.4 is 0 Å². The molecule has 0 fully saturated rings. The third-order valence-corrected chi connectivity index (χ3v) is 5.65. The molecule has 2 aliphatic rings. The summed E-state index contributed by atoms with van der Waals surface area (Å²) in [7, 11) is -3.25. The van der Waals surface area contributed by atoms with Crippen LogP contribution in [-0.2, 0) is 10.0 Å². The molecular formula is C18H23NO2S. The van der Waals surface area contributed by atoms with Crippen molar-refractivity contribution in [2.75, 3.05) is 6.26 Å². The molecule has 1 aromatic rings. The number of benzene rings is 1. The Morgan fingerprint density at radius 1 is 1.09 bits per heavy atom. The van der Waals surface area contributed by atoms with Crippen molar-refractivity contribution in [1.29, 1.82) is 0 Å². The molecule has 0 radical (unpaired) electrons. The summed E-state index contributed by atoms with van der Waals surface area (Å²) in [6, 6.07) is 10.1. The average molecular weight is 317 g/mol. The molecule has 0 amide bonds. The average Bonchev–Trinajstić information content (AvgIpc) is 2.47. The molecule has 3 nitrogen and oxygen atoms in total. The molecule has 22 heavy (non-hydrogen) atoms. The molecule has 0 aromatic heterocycles. The van der Waals surface area contributed by atoms with E-state index in [2.05, 4.69) is 18.2 Å². The lowest BCUT2D eigenvalue weighted by atomic mass is 9.87. The summed E-state index contributed by atoms with van der Waals surface area (Å²) in [6.07, 6.45) is 11.8. The second-order valence-electron chi connectivity index (χ2n) is 6.22. The van der Waals surface area contributed by atoms with E-state index in [1.807, 2.05) is 24.4 Å². The Morgan fingerprint density at radius 3 is 2.59 bits per heavy atom. The lowest BCUT2D eigenvalue weighted by Crippen LogP contribution is -2.39. The molecule has 118 valence electrons. The molecule has 0 spiro atoms. The minimum Gasteiger partial charge on any atom is -0.270 e. The first kappa shape index (κ1) is 15.3. The Balaban J connectivity index is 2.05. The predicted octanol–water partition coefficient (Wildman–Crippen LogP) is 3.95. The van der Waals surface area contributed by atoms with Gasteiger partial charge >= 0.3 is 0 Å². The van der Waals surface area contributed by atoms with Gasteiger partial charge in [-0.05, 0) is 42.4 Å². The maximum absolute atomic E-state index is 12.3. The van der Waals surface area contributed by atoms with Crippen molar-refractivity contribution < 1.29 is 8.42 Å². The van der Waals surface area contributed by atoms with Gasteiger partial charge in [-0.1, -0.05) is 49.2 Å². The van der Waals surface area contributed by atoms with Crippen LogP contribution in [0.4, 0.5) is 0 Å². The van der Waals surface area contributed by atoms with Gasteiger partial charge < -0.3 is 0 Å². The summed E-state index contributed by atoms with van der Waals surface area (Å²) in [6.45, 7) is 0. The highest BCUT2D eigenvalue weighted by atomic mass is 32.2. The van der Waals surface area contributed by atoms with Gasteiger partial charge in [0.15, 0.2) is 0 Å². The van der Waals surface area contributed by atoms with E-state index in [0.717, 1.165) is 36.8 Å². The standard InChI is InChI=1S/C18H23NO2S/c1-22(20,21)19-14-17(15-9-6-4-7-10-15)13-16-11-5-2-3-8-12-18(16)19/h4,6-7,9-11,14,18H,2-3,5,8,12-13H2,1H3/b16-11-. The summed E-state index contributed by atoms with van der Waals surface area (Å²) in [5, 5.41) is 0. The van der Waals surface area contributed by atoms with Crippen LogP contribution in [0.3, 0.4) is 0 Å². The minimum absolute atomic E-state index is 0.0164. The van der Waals surface area contributed by atoms with E-state index in [1.165, 1.54) is 24.7 Å². The third kappa shape index (κ3) is 3.27.